The highest BCUT2D eigenvalue weighted by atomic mass is 16.5. The number of aliphatic hydroxyl groups is 1. The molecular formula is C12H24N2O2. The summed E-state index contributed by atoms with van der Waals surface area (Å²) in [6, 6.07) is 0.306. The summed E-state index contributed by atoms with van der Waals surface area (Å²) in [4.78, 5) is 2.44. The molecule has 2 heterocycles. The highest BCUT2D eigenvalue weighted by molar-refractivity contribution is 4.82. The van der Waals surface area contributed by atoms with Crippen LogP contribution in [0.25, 0.3) is 0 Å². The maximum Gasteiger partial charge on any atom is 0.0590 e. The molecule has 0 spiro atoms. The Morgan fingerprint density at radius 3 is 3.00 bits per heavy atom. The topological polar surface area (TPSA) is 44.7 Å². The van der Waals surface area contributed by atoms with Crippen LogP contribution in [-0.2, 0) is 4.74 Å². The minimum atomic E-state index is 0.272. The molecule has 0 radical (unpaired) electrons. The molecule has 0 aliphatic carbocycles. The van der Waals surface area contributed by atoms with Gasteiger partial charge in [0.15, 0.2) is 0 Å². The van der Waals surface area contributed by atoms with E-state index in [1.165, 1.54) is 12.8 Å². The summed E-state index contributed by atoms with van der Waals surface area (Å²) in [5.74, 6) is 0.525. The van der Waals surface area contributed by atoms with Crippen LogP contribution in [0, 0.1) is 5.92 Å². The van der Waals surface area contributed by atoms with Crippen molar-refractivity contribution in [1.29, 1.82) is 0 Å². The molecule has 0 bridgehead atoms. The predicted octanol–water partition coefficient (Wildman–Crippen LogP) is 0.0692. The van der Waals surface area contributed by atoms with Crippen LogP contribution in [0.15, 0.2) is 0 Å². The summed E-state index contributed by atoms with van der Waals surface area (Å²) in [5.41, 5.74) is 0. The summed E-state index contributed by atoms with van der Waals surface area (Å²) in [6.45, 7) is 6.32. The van der Waals surface area contributed by atoms with Gasteiger partial charge in [-0.05, 0) is 32.4 Å². The summed E-state index contributed by atoms with van der Waals surface area (Å²) in [6.07, 6.45) is 3.53. The number of ether oxygens (including phenoxy) is 1. The van der Waals surface area contributed by atoms with Gasteiger partial charge >= 0.3 is 0 Å². The van der Waals surface area contributed by atoms with E-state index >= 15 is 0 Å². The van der Waals surface area contributed by atoms with Crippen LogP contribution in [0.1, 0.15) is 19.3 Å². The fourth-order valence-corrected chi connectivity index (χ4v) is 2.83. The Morgan fingerprint density at radius 2 is 2.25 bits per heavy atom. The lowest BCUT2D eigenvalue weighted by Gasteiger charge is -2.36. The predicted molar refractivity (Wildman–Crippen MR) is 63.5 cm³/mol. The molecule has 2 aliphatic rings. The molecule has 4 heteroatoms. The van der Waals surface area contributed by atoms with Gasteiger partial charge in [0.1, 0.15) is 0 Å². The largest absolute Gasteiger partial charge is 0.395 e. The van der Waals surface area contributed by atoms with Gasteiger partial charge in [-0.1, -0.05) is 0 Å². The van der Waals surface area contributed by atoms with Crippen LogP contribution in [0.3, 0.4) is 0 Å². The van der Waals surface area contributed by atoms with Crippen LogP contribution in [-0.4, -0.2) is 62.0 Å². The highest BCUT2D eigenvalue weighted by Gasteiger charge is 2.28. The minimum Gasteiger partial charge on any atom is -0.395 e. The fourth-order valence-electron chi connectivity index (χ4n) is 2.83. The molecule has 0 aromatic heterocycles. The second kappa shape index (κ2) is 6.55. The molecule has 2 aliphatic heterocycles. The zero-order valence-electron chi connectivity index (χ0n) is 10.0. The molecule has 2 fully saturated rings. The maximum absolute atomic E-state index is 9.60. The van der Waals surface area contributed by atoms with Crippen molar-refractivity contribution in [2.45, 2.75) is 25.3 Å². The summed E-state index contributed by atoms with van der Waals surface area (Å²) >= 11 is 0. The Kier molecular flexibility index (Phi) is 5.03. The lowest BCUT2D eigenvalue weighted by atomic mass is 9.93. The summed E-state index contributed by atoms with van der Waals surface area (Å²) < 4.78 is 5.53. The van der Waals surface area contributed by atoms with Gasteiger partial charge in [0, 0.05) is 31.7 Å². The Balaban J connectivity index is 1.90. The molecule has 2 unspecified atom stereocenters. The van der Waals surface area contributed by atoms with Gasteiger partial charge in [-0.15, -0.1) is 0 Å². The summed E-state index contributed by atoms with van der Waals surface area (Å²) in [5, 5.41) is 13.0. The van der Waals surface area contributed by atoms with Crippen molar-refractivity contribution in [2.24, 2.45) is 5.92 Å². The van der Waals surface area contributed by atoms with Gasteiger partial charge < -0.3 is 15.2 Å². The maximum atomic E-state index is 9.60. The fraction of sp³-hybridized carbons (Fsp3) is 1.00. The van der Waals surface area contributed by atoms with E-state index in [0.29, 0.717) is 12.0 Å². The third-order valence-electron chi connectivity index (χ3n) is 3.77. The second-order valence-corrected chi connectivity index (χ2v) is 4.87. The van der Waals surface area contributed by atoms with Gasteiger partial charge in [0.05, 0.1) is 13.2 Å². The van der Waals surface area contributed by atoms with E-state index in [2.05, 4.69) is 10.2 Å². The molecule has 16 heavy (non-hydrogen) atoms. The standard InChI is InChI=1S/C12H24N2O2/c15-9-12(11-3-1-8-16-10-11)14-6-2-4-13-5-7-14/h11-13,15H,1-10H2. The first-order valence-corrected chi connectivity index (χ1v) is 6.55. The van der Waals surface area contributed by atoms with Gasteiger partial charge in [-0.2, -0.15) is 0 Å². The number of aliphatic hydroxyl groups excluding tert-OH is 1. The van der Waals surface area contributed by atoms with E-state index in [-0.39, 0.29) is 6.61 Å². The Morgan fingerprint density at radius 1 is 1.31 bits per heavy atom. The van der Waals surface area contributed by atoms with E-state index in [1.807, 2.05) is 0 Å². The quantitative estimate of drug-likeness (QED) is 0.717. The Hall–Kier alpha value is -0.160. The molecule has 2 rings (SSSR count). The average molecular weight is 228 g/mol. The molecule has 2 N–H and O–H groups in total. The first-order chi connectivity index (χ1) is 7.92. The van der Waals surface area contributed by atoms with Gasteiger partial charge in [-0.3, -0.25) is 4.90 Å². The molecule has 4 nitrogen and oxygen atoms in total. The number of nitrogens with one attached hydrogen (secondary N) is 1. The molecule has 0 aromatic rings. The SMILES string of the molecule is OCC(C1CCCOC1)N1CCCNCC1. The molecule has 94 valence electrons. The molecule has 0 aromatic carbocycles. The van der Waals surface area contributed by atoms with Crippen molar-refractivity contribution in [2.75, 3.05) is 46.0 Å². The van der Waals surface area contributed by atoms with Crippen molar-refractivity contribution in [3.63, 3.8) is 0 Å². The average Bonchev–Trinajstić information content (AvgIpc) is 2.61. The third kappa shape index (κ3) is 3.17. The monoisotopic (exact) mass is 228 g/mol. The van der Waals surface area contributed by atoms with Crippen LogP contribution < -0.4 is 5.32 Å². The van der Waals surface area contributed by atoms with Crippen molar-refractivity contribution < 1.29 is 9.84 Å². The van der Waals surface area contributed by atoms with Gasteiger partial charge in [0.2, 0.25) is 0 Å². The number of nitrogens with zero attached hydrogens (tertiary/aromatic N) is 1. The van der Waals surface area contributed by atoms with Crippen LogP contribution in [0.2, 0.25) is 0 Å². The van der Waals surface area contributed by atoms with Crippen molar-refractivity contribution in [3.05, 3.63) is 0 Å². The molecule has 2 atom stereocenters. The van der Waals surface area contributed by atoms with Crippen LogP contribution in [0.5, 0.6) is 0 Å². The molecule has 0 saturated carbocycles. The molecule has 2 saturated heterocycles. The Bertz CT molecular complexity index is 187. The minimum absolute atomic E-state index is 0.272. The number of hydrogen-bond donors (Lipinski definition) is 2. The third-order valence-corrected chi connectivity index (χ3v) is 3.77. The zero-order valence-corrected chi connectivity index (χ0v) is 10.0. The zero-order chi connectivity index (χ0) is 11.2. The first kappa shape index (κ1) is 12.3. The first-order valence-electron chi connectivity index (χ1n) is 6.55. The van der Waals surface area contributed by atoms with Crippen molar-refractivity contribution in [3.8, 4) is 0 Å². The Labute approximate surface area is 98.0 Å². The molecule has 0 amide bonds. The summed E-state index contributed by atoms with van der Waals surface area (Å²) in [7, 11) is 0. The van der Waals surface area contributed by atoms with E-state index in [4.69, 9.17) is 4.74 Å². The lowest BCUT2D eigenvalue weighted by molar-refractivity contribution is -0.00730. The van der Waals surface area contributed by atoms with Crippen molar-refractivity contribution in [1.82, 2.24) is 10.2 Å². The lowest BCUT2D eigenvalue weighted by Crippen LogP contribution is -2.47. The number of hydrogen-bond acceptors (Lipinski definition) is 4. The smallest absolute Gasteiger partial charge is 0.0590 e. The highest BCUT2D eigenvalue weighted by Crippen LogP contribution is 2.21. The van der Waals surface area contributed by atoms with E-state index in [9.17, 15) is 5.11 Å². The van der Waals surface area contributed by atoms with E-state index in [1.54, 1.807) is 0 Å². The van der Waals surface area contributed by atoms with E-state index in [0.717, 1.165) is 45.8 Å². The normalized spacial score (nSPS) is 30.9. The van der Waals surface area contributed by atoms with Gasteiger partial charge in [0.25, 0.3) is 0 Å². The van der Waals surface area contributed by atoms with Gasteiger partial charge in [-0.25, -0.2) is 0 Å². The number of rotatable bonds is 3. The van der Waals surface area contributed by atoms with Crippen molar-refractivity contribution >= 4 is 0 Å². The second-order valence-electron chi connectivity index (χ2n) is 4.87. The van der Waals surface area contributed by atoms with Crippen LogP contribution >= 0.6 is 0 Å². The van der Waals surface area contributed by atoms with Crippen LogP contribution in [0.4, 0.5) is 0 Å². The molecular weight excluding hydrogens is 204 g/mol. The van der Waals surface area contributed by atoms with E-state index < -0.39 is 0 Å².